The predicted molar refractivity (Wildman–Crippen MR) is 111 cm³/mol. The van der Waals surface area contributed by atoms with Crippen molar-refractivity contribution >= 4 is 11.6 Å². The molecule has 2 heterocycles. The summed E-state index contributed by atoms with van der Waals surface area (Å²) in [5.74, 6) is 1.27. The molecule has 0 radical (unpaired) electrons. The number of nitrogens with zero attached hydrogens (tertiary/aromatic N) is 4. The fraction of sp³-hybridized carbons (Fsp3) is 0.364. The molecule has 0 saturated carbocycles. The van der Waals surface area contributed by atoms with Crippen molar-refractivity contribution in [3.63, 3.8) is 0 Å². The van der Waals surface area contributed by atoms with Gasteiger partial charge in [-0.25, -0.2) is 0 Å². The van der Waals surface area contributed by atoms with E-state index >= 15 is 0 Å². The lowest BCUT2D eigenvalue weighted by Crippen LogP contribution is -2.46. The number of hydrogen-bond donors (Lipinski definition) is 0. The van der Waals surface area contributed by atoms with Crippen LogP contribution < -0.4 is 0 Å². The van der Waals surface area contributed by atoms with Gasteiger partial charge in [0, 0.05) is 43.3 Å². The van der Waals surface area contributed by atoms with Gasteiger partial charge in [0.05, 0.1) is 6.04 Å². The quantitative estimate of drug-likeness (QED) is 0.631. The lowest BCUT2D eigenvalue weighted by molar-refractivity contribution is 0.0876. The molecule has 1 saturated heterocycles. The van der Waals surface area contributed by atoms with Crippen molar-refractivity contribution in [3.05, 3.63) is 70.6 Å². The minimum absolute atomic E-state index is 0.115. The van der Waals surface area contributed by atoms with Gasteiger partial charge in [-0.3, -0.25) is 9.80 Å². The van der Waals surface area contributed by atoms with E-state index in [1.165, 1.54) is 11.1 Å². The Balaban J connectivity index is 1.34. The summed E-state index contributed by atoms with van der Waals surface area (Å²) in [6.07, 6.45) is 0. The number of aryl methyl sites for hydroxylation is 1. The first-order valence-corrected chi connectivity index (χ1v) is 10.1. The van der Waals surface area contributed by atoms with Crippen molar-refractivity contribution in [1.29, 1.82) is 0 Å². The smallest absolute Gasteiger partial charge is 0.247 e. The largest absolute Gasteiger partial charge is 0.419 e. The van der Waals surface area contributed by atoms with Crippen molar-refractivity contribution in [1.82, 2.24) is 20.0 Å². The second-order valence-corrected chi connectivity index (χ2v) is 7.86. The third-order valence-corrected chi connectivity index (χ3v) is 5.62. The highest BCUT2D eigenvalue weighted by Gasteiger charge is 2.25. The van der Waals surface area contributed by atoms with Crippen molar-refractivity contribution < 1.29 is 4.42 Å². The molecule has 0 aliphatic carbocycles. The molecule has 1 fully saturated rings. The number of rotatable bonds is 5. The van der Waals surface area contributed by atoms with Gasteiger partial charge in [-0.15, -0.1) is 10.2 Å². The molecule has 146 valence electrons. The SMILES string of the molecule is Cc1ccc(-c2nnc([C@H](C)N3CCN(Cc4ccc(Cl)cc4)CC3)o2)cc1. The molecule has 0 amide bonds. The van der Waals surface area contributed by atoms with Crippen LogP contribution in [0.4, 0.5) is 0 Å². The van der Waals surface area contributed by atoms with E-state index in [2.05, 4.69) is 58.1 Å². The number of piperazine rings is 1. The molecule has 0 bridgehead atoms. The Kier molecular flexibility index (Phi) is 5.76. The molecule has 1 aliphatic heterocycles. The first-order valence-electron chi connectivity index (χ1n) is 9.70. The predicted octanol–water partition coefficient (Wildman–Crippen LogP) is 4.58. The van der Waals surface area contributed by atoms with Gasteiger partial charge in [-0.2, -0.15) is 0 Å². The maximum atomic E-state index is 5.97. The maximum Gasteiger partial charge on any atom is 0.247 e. The summed E-state index contributed by atoms with van der Waals surface area (Å²) >= 11 is 5.97. The second kappa shape index (κ2) is 8.43. The third-order valence-electron chi connectivity index (χ3n) is 5.37. The number of benzene rings is 2. The first-order chi connectivity index (χ1) is 13.6. The fourth-order valence-corrected chi connectivity index (χ4v) is 3.66. The van der Waals surface area contributed by atoms with Crippen LogP contribution in [0.2, 0.25) is 5.02 Å². The van der Waals surface area contributed by atoms with Gasteiger partial charge in [0.25, 0.3) is 0 Å². The van der Waals surface area contributed by atoms with E-state index in [0.717, 1.165) is 43.3 Å². The molecule has 0 spiro atoms. The van der Waals surface area contributed by atoms with E-state index in [1.807, 2.05) is 24.3 Å². The van der Waals surface area contributed by atoms with Crippen LogP contribution in [0.1, 0.15) is 30.0 Å². The second-order valence-electron chi connectivity index (χ2n) is 7.43. The molecular formula is C22H25ClN4O. The zero-order chi connectivity index (χ0) is 19.5. The Bertz CT molecular complexity index is 899. The lowest BCUT2D eigenvalue weighted by Gasteiger charge is -2.36. The molecule has 1 atom stereocenters. The van der Waals surface area contributed by atoms with Crippen LogP contribution in [0.25, 0.3) is 11.5 Å². The van der Waals surface area contributed by atoms with Crippen LogP contribution in [0.15, 0.2) is 52.9 Å². The molecule has 6 heteroatoms. The van der Waals surface area contributed by atoms with Crippen molar-refractivity contribution in [2.75, 3.05) is 26.2 Å². The van der Waals surface area contributed by atoms with Crippen molar-refractivity contribution in [2.45, 2.75) is 26.4 Å². The Morgan fingerprint density at radius 3 is 2.32 bits per heavy atom. The zero-order valence-corrected chi connectivity index (χ0v) is 17.1. The summed E-state index contributed by atoms with van der Waals surface area (Å²) in [6.45, 7) is 9.17. The number of aromatic nitrogens is 2. The lowest BCUT2D eigenvalue weighted by atomic mass is 10.1. The molecule has 28 heavy (non-hydrogen) atoms. The van der Waals surface area contributed by atoms with E-state index < -0.39 is 0 Å². The van der Waals surface area contributed by atoms with Crippen LogP contribution >= 0.6 is 11.6 Å². The van der Waals surface area contributed by atoms with Gasteiger partial charge in [-0.1, -0.05) is 41.4 Å². The highest BCUT2D eigenvalue weighted by Crippen LogP contribution is 2.25. The van der Waals surface area contributed by atoms with Gasteiger partial charge < -0.3 is 4.42 Å². The average Bonchev–Trinajstić information content (AvgIpc) is 3.20. The van der Waals surface area contributed by atoms with E-state index in [9.17, 15) is 0 Å². The average molecular weight is 397 g/mol. The molecule has 4 rings (SSSR count). The summed E-state index contributed by atoms with van der Waals surface area (Å²) in [4.78, 5) is 4.88. The fourth-order valence-electron chi connectivity index (χ4n) is 3.53. The topological polar surface area (TPSA) is 45.4 Å². The van der Waals surface area contributed by atoms with Gasteiger partial charge in [0.1, 0.15) is 0 Å². The van der Waals surface area contributed by atoms with E-state index in [0.29, 0.717) is 11.8 Å². The van der Waals surface area contributed by atoms with Gasteiger partial charge in [0.2, 0.25) is 11.8 Å². The molecule has 0 unspecified atom stereocenters. The summed E-state index contributed by atoms with van der Waals surface area (Å²) < 4.78 is 5.97. The highest BCUT2D eigenvalue weighted by molar-refractivity contribution is 6.30. The summed E-state index contributed by atoms with van der Waals surface area (Å²) in [5, 5.41) is 9.33. The number of hydrogen-bond acceptors (Lipinski definition) is 5. The maximum absolute atomic E-state index is 5.97. The van der Waals surface area contributed by atoms with Gasteiger partial charge >= 0.3 is 0 Å². The highest BCUT2D eigenvalue weighted by atomic mass is 35.5. The zero-order valence-electron chi connectivity index (χ0n) is 16.3. The Hall–Kier alpha value is -2.21. The third kappa shape index (κ3) is 4.43. The molecule has 1 aliphatic rings. The van der Waals surface area contributed by atoms with E-state index in [4.69, 9.17) is 16.0 Å². The Labute approximate surface area is 170 Å². The summed E-state index contributed by atoms with van der Waals surface area (Å²) in [6, 6.07) is 16.4. The van der Waals surface area contributed by atoms with Crippen LogP contribution in [-0.4, -0.2) is 46.2 Å². The number of halogens is 1. The Morgan fingerprint density at radius 2 is 1.64 bits per heavy atom. The summed E-state index contributed by atoms with van der Waals surface area (Å²) in [5.41, 5.74) is 3.48. The van der Waals surface area contributed by atoms with Crippen LogP contribution in [0, 0.1) is 6.92 Å². The molecule has 1 aromatic heterocycles. The van der Waals surface area contributed by atoms with Gasteiger partial charge in [-0.05, 0) is 43.7 Å². The summed E-state index contributed by atoms with van der Waals surface area (Å²) in [7, 11) is 0. The minimum Gasteiger partial charge on any atom is -0.419 e. The van der Waals surface area contributed by atoms with E-state index in [1.54, 1.807) is 0 Å². The van der Waals surface area contributed by atoms with Crippen molar-refractivity contribution in [3.8, 4) is 11.5 Å². The van der Waals surface area contributed by atoms with Crippen LogP contribution in [-0.2, 0) is 6.54 Å². The monoisotopic (exact) mass is 396 g/mol. The van der Waals surface area contributed by atoms with Crippen LogP contribution in [0.3, 0.4) is 0 Å². The molecule has 2 aromatic carbocycles. The first kappa shape index (κ1) is 19.1. The molecule has 3 aromatic rings. The van der Waals surface area contributed by atoms with Gasteiger partial charge in [0.15, 0.2) is 0 Å². The molecular weight excluding hydrogens is 372 g/mol. The van der Waals surface area contributed by atoms with E-state index in [-0.39, 0.29) is 6.04 Å². The Morgan fingerprint density at radius 1 is 0.964 bits per heavy atom. The standard InChI is InChI=1S/C22H25ClN4O/c1-16-3-7-19(8-4-16)22-25-24-21(28-22)17(2)27-13-11-26(12-14-27)15-18-5-9-20(23)10-6-18/h3-10,17H,11-15H2,1-2H3/t17-/m0/s1. The normalized spacial score (nSPS) is 17.0. The molecule has 0 N–H and O–H groups in total. The van der Waals surface area contributed by atoms with Crippen LogP contribution in [0.5, 0.6) is 0 Å². The minimum atomic E-state index is 0.115. The van der Waals surface area contributed by atoms with Crippen molar-refractivity contribution in [2.24, 2.45) is 0 Å². The molecule has 5 nitrogen and oxygen atoms in total.